The predicted molar refractivity (Wildman–Crippen MR) is 67.1 cm³/mol. The van der Waals surface area contributed by atoms with Gasteiger partial charge in [0.25, 0.3) is 0 Å². The van der Waals surface area contributed by atoms with E-state index in [0.29, 0.717) is 19.6 Å². The molecule has 2 amide bonds. The zero-order valence-electron chi connectivity index (χ0n) is 10.2. The summed E-state index contributed by atoms with van der Waals surface area (Å²) >= 11 is 0. The van der Waals surface area contributed by atoms with Gasteiger partial charge in [-0.15, -0.1) is 0 Å². The average molecular weight is 250 g/mol. The molecule has 1 aliphatic heterocycles. The molecule has 0 radical (unpaired) electrons. The normalized spacial score (nSPS) is 18.9. The van der Waals surface area contributed by atoms with Crippen LogP contribution in [0.2, 0.25) is 0 Å². The molecule has 1 aromatic carbocycles. The summed E-state index contributed by atoms with van der Waals surface area (Å²) in [6.07, 6.45) is 0.864. The largest absolute Gasteiger partial charge is 0.508 e. The van der Waals surface area contributed by atoms with E-state index < -0.39 is 0 Å². The van der Waals surface area contributed by atoms with E-state index in [2.05, 4.69) is 5.32 Å². The Morgan fingerprint density at radius 3 is 2.72 bits per heavy atom. The van der Waals surface area contributed by atoms with Crippen molar-refractivity contribution < 1.29 is 15.0 Å². The van der Waals surface area contributed by atoms with E-state index in [1.165, 1.54) is 0 Å². The van der Waals surface area contributed by atoms with Crippen molar-refractivity contribution in [3.63, 3.8) is 0 Å². The number of hydrogen-bond donors (Lipinski definition) is 3. The predicted octanol–water partition coefficient (Wildman–Crippen LogP) is 0.916. The molecule has 3 N–H and O–H groups in total. The van der Waals surface area contributed by atoms with Crippen LogP contribution in [0.3, 0.4) is 0 Å². The van der Waals surface area contributed by atoms with E-state index >= 15 is 0 Å². The molecule has 1 unspecified atom stereocenters. The summed E-state index contributed by atoms with van der Waals surface area (Å²) in [5, 5.41) is 21.0. The molecule has 1 aromatic rings. The Hall–Kier alpha value is -1.75. The first kappa shape index (κ1) is 12.7. The first-order valence-electron chi connectivity index (χ1n) is 6.10. The molecule has 18 heavy (non-hydrogen) atoms. The zero-order valence-corrected chi connectivity index (χ0v) is 10.2. The first-order valence-corrected chi connectivity index (χ1v) is 6.10. The van der Waals surface area contributed by atoms with Crippen molar-refractivity contribution in [2.24, 2.45) is 5.92 Å². The van der Waals surface area contributed by atoms with Gasteiger partial charge in [0.15, 0.2) is 0 Å². The molecule has 1 atom stereocenters. The van der Waals surface area contributed by atoms with Gasteiger partial charge in [0.05, 0.1) is 0 Å². The molecule has 1 fully saturated rings. The summed E-state index contributed by atoms with van der Waals surface area (Å²) in [5.41, 5.74) is 0.944. The number of aliphatic hydroxyl groups excluding tert-OH is 1. The number of likely N-dealkylation sites (tertiary alicyclic amines) is 1. The van der Waals surface area contributed by atoms with Crippen LogP contribution in [0.15, 0.2) is 24.3 Å². The number of phenols is 1. The number of rotatable bonds is 3. The highest BCUT2D eigenvalue weighted by Crippen LogP contribution is 2.15. The molecule has 0 aromatic heterocycles. The maximum Gasteiger partial charge on any atom is 0.317 e. The van der Waals surface area contributed by atoms with Gasteiger partial charge in [-0.3, -0.25) is 0 Å². The quantitative estimate of drug-likeness (QED) is 0.746. The molecule has 2 rings (SSSR count). The van der Waals surface area contributed by atoms with Crippen LogP contribution < -0.4 is 5.32 Å². The smallest absolute Gasteiger partial charge is 0.317 e. The molecule has 5 heteroatoms. The molecule has 1 aliphatic rings. The van der Waals surface area contributed by atoms with Crippen LogP contribution in [0.25, 0.3) is 0 Å². The molecule has 5 nitrogen and oxygen atoms in total. The van der Waals surface area contributed by atoms with Gasteiger partial charge in [0.2, 0.25) is 0 Å². The zero-order chi connectivity index (χ0) is 13.0. The summed E-state index contributed by atoms with van der Waals surface area (Å²) in [7, 11) is 0. The fraction of sp³-hybridized carbons (Fsp3) is 0.462. The number of aliphatic hydroxyl groups is 1. The third-order valence-electron chi connectivity index (χ3n) is 3.21. The average Bonchev–Trinajstić information content (AvgIpc) is 2.86. The van der Waals surface area contributed by atoms with Crippen molar-refractivity contribution in [1.29, 1.82) is 0 Å². The Kier molecular flexibility index (Phi) is 4.04. The van der Waals surface area contributed by atoms with Gasteiger partial charge >= 0.3 is 6.03 Å². The highest BCUT2D eigenvalue weighted by atomic mass is 16.3. The summed E-state index contributed by atoms with van der Waals surface area (Å²) in [6.45, 7) is 1.91. The highest BCUT2D eigenvalue weighted by Gasteiger charge is 2.25. The Labute approximate surface area is 106 Å². The van der Waals surface area contributed by atoms with Crippen LogP contribution in [-0.4, -0.2) is 40.8 Å². The van der Waals surface area contributed by atoms with Crippen LogP contribution in [0.4, 0.5) is 4.79 Å². The molecular formula is C13H18N2O3. The molecule has 0 spiro atoms. The summed E-state index contributed by atoms with van der Waals surface area (Å²) in [4.78, 5) is 13.6. The van der Waals surface area contributed by atoms with Crippen molar-refractivity contribution in [2.75, 3.05) is 19.7 Å². The number of urea groups is 1. The van der Waals surface area contributed by atoms with Gasteiger partial charge in [0.1, 0.15) is 5.75 Å². The van der Waals surface area contributed by atoms with Gasteiger partial charge in [-0.2, -0.15) is 0 Å². The third kappa shape index (κ3) is 3.13. The van der Waals surface area contributed by atoms with E-state index in [-0.39, 0.29) is 24.3 Å². The van der Waals surface area contributed by atoms with Crippen LogP contribution in [-0.2, 0) is 6.54 Å². The summed E-state index contributed by atoms with van der Waals surface area (Å²) < 4.78 is 0. The van der Waals surface area contributed by atoms with Gasteiger partial charge in [-0.1, -0.05) is 12.1 Å². The second-order valence-corrected chi connectivity index (χ2v) is 4.61. The topological polar surface area (TPSA) is 72.8 Å². The van der Waals surface area contributed by atoms with Crippen molar-refractivity contribution in [3.8, 4) is 5.75 Å². The second-order valence-electron chi connectivity index (χ2n) is 4.61. The second kappa shape index (κ2) is 5.73. The van der Waals surface area contributed by atoms with E-state index in [0.717, 1.165) is 12.0 Å². The van der Waals surface area contributed by atoms with E-state index in [1.807, 2.05) is 0 Å². The van der Waals surface area contributed by atoms with Crippen molar-refractivity contribution >= 4 is 6.03 Å². The molecule has 1 saturated heterocycles. The minimum Gasteiger partial charge on any atom is -0.508 e. The number of aromatic hydroxyl groups is 1. The number of hydrogen-bond acceptors (Lipinski definition) is 3. The Bertz CT molecular complexity index is 405. The standard InChI is InChI=1S/C13H18N2O3/c16-9-11-5-6-15(8-11)13(18)14-7-10-1-3-12(17)4-2-10/h1-4,11,16-17H,5-9H2,(H,14,18). The maximum atomic E-state index is 11.8. The van der Waals surface area contributed by atoms with E-state index in [1.54, 1.807) is 29.2 Å². The van der Waals surface area contributed by atoms with Crippen LogP contribution in [0, 0.1) is 5.92 Å². The Morgan fingerprint density at radius 1 is 1.39 bits per heavy atom. The summed E-state index contributed by atoms with van der Waals surface area (Å²) in [6, 6.07) is 6.64. The van der Waals surface area contributed by atoms with Crippen LogP contribution in [0.1, 0.15) is 12.0 Å². The Balaban J connectivity index is 1.80. The number of carbonyl (C=O) groups excluding carboxylic acids is 1. The number of benzene rings is 1. The third-order valence-corrected chi connectivity index (χ3v) is 3.21. The number of nitrogens with zero attached hydrogens (tertiary/aromatic N) is 1. The van der Waals surface area contributed by atoms with Crippen molar-refractivity contribution in [1.82, 2.24) is 10.2 Å². The lowest BCUT2D eigenvalue weighted by Gasteiger charge is -2.17. The van der Waals surface area contributed by atoms with Gasteiger partial charge in [-0.05, 0) is 24.1 Å². The minimum absolute atomic E-state index is 0.0981. The van der Waals surface area contributed by atoms with Gasteiger partial charge in [0, 0.05) is 32.2 Å². The van der Waals surface area contributed by atoms with Crippen LogP contribution >= 0.6 is 0 Å². The Morgan fingerprint density at radius 2 is 2.11 bits per heavy atom. The maximum absolute atomic E-state index is 11.8. The fourth-order valence-electron chi connectivity index (χ4n) is 2.07. The number of phenolic OH excluding ortho intramolecular Hbond substituents is 1. The SMILES string of the molecule is O=C(NCc1ccc(O)cc1)N1CCC(CO)C1. The molecule has 0 saturated carbocycles. The number of nitrogens with one attached hydrogen (secondary N) is 1. The van der Waals surface area contributed by atoms with Gasteiger partial charge < -0.3 is 20.4 Å². The number of carbonyl (C=O) groups is 1. The highest BCUT2D eigenvalue weighted by molar-refractivity contribution is 5.74. The fourth-order valence-corrected chi connectivity index (χ4v) is 2.07. The van der Waals surface area contributed by atoms with E-state index in [9.17, 15) is 4.79 Å². The summed E-state index contributed by atoms with van der Waals surface area (Å²) in [5.74, 6) is 0.430. The van der Waals surface area contributed by atoms with Crippen molar-refractivity contribution in [2.45, 2.75) is 13.0 Å². The lowest BCUT2D eigenvalue weighted by atomic mass is 10.1. The molecule has 0 aliphatic carbocycles. The first-order chi connectivity index (χ1) is 8.69. The lowest BCUT2D eigenvalue weighted by Crippen LogP contribution is -2.38. The van der Waals surface area contributed by atoms with Crippen LogP contribution in [0.5, 0.6) is 5.75 Å². The lowest BCUT2D eigenvalue weighted by molar-refractivity contribution is 0.198. The van der Waals surface area contributed by atoms with Crippen molar-refractivity contribution in [3.05, 3.63) is 29.8 Å². The van der Waals surface area contributed by atoms with Gasteiger partial charge in [-0.25, -0.2) is 4.79 Å². The minimum atomic E-state index is -0.0981. The number of amides is 2. The van der Waals surface area contributed by atoms with E-state index in [4.69, 9.17) is 10.2 Å². The molecular weight excluding hydrogens is 232 g/mol. The molecule has 98 valence electrons. The molecule has 1 heterocycles. The monoisotopic (exact) mass is 250 g/mol. The molecule has 0 bridgehead atoms.